The minimum atomic E-state index is -0.597. The van der Waals surface area contributed by atoms with E-state index in [9.17, 15) is 9.59 Å². The number of aromatic nitrogens is 2. The first-order valence-corrected chi connectivity index (χ1v) is 6.81. The van der Waals surface area contributed by atoms with Gasteiger partial charge in [0.15, 0.2) is 0 Å². The van der Waals surface area contributed by atoms with Gasteiger partial charge in [0, 0.05) is 17.8 Å². The summed E-state index contributed by atoms with van der Waals surface area (Å²) in [6.07, 6.45) is 2.89. The number of nitrogens with zero attached hydrogens (tertiary/aromatic N) is 2. The minimum absolute atomic E-state index is 0.118. The first-order valence-electron chi connectivity index (χ1n) is 6.43. The fourth-order valence-corrected chi connectivity index (χ4v) is 2.15. The van der Waals surface area contributed by atoms with Gasteiger partial charge in [-0.05, 0) is 25.1 Å². The van der Waals surface area contributed by atoms with Gasteiger partial charge in [-0.25, -0.2) is 9.78 Å². The van der Waals surface area contributed by atoms with Crippen LogP contribution in [0.1, 0.15) is 21.8 Å². The normalized spacial score (nSPS) is 10.8. The predicted octanol–water partition coefficient (Wildman–Crippen LogP) is 2.61. The van der Waals surface area contributed by atoms with E-state index in [-0.39, 0.29) is 17.9 Å². The van der Waals surface area contributed by atoms with Crippen LogP contribution in [0.25, 0.3) is 5.65 Å². The molecule has 0 aliphatic carbocycles. The Hall–Kier alpha value is -2.60. The summed E-state index contributed by atoms with van der Waals surface area (Å²) >= 11 is 5.84. The summed E-state index contributed by atoms with van der Waals surface area (Å²) < 4.78 is 11.5. The van der Waals surface area contributed by atoms with Crippen molar-refractivity contribution in [3.05, 3.63) is 69.1 Å². The maximum Gasteiger partial charge on any atom is 0.374 e. The molecule has 0 amide bonds. The van der Waals surface area contributed by atoms with E-state index in [0.717, 1.165) is 0 Å². The van der Waals surface area contributed by atoms with Gasteiger partial charge in [-0.3, -0.25) is 9.20 Å². The number of rotatable bonds is 3. The van der Waals surface area contributed by atoms with Gasteiger partial charge in [-0.15, -0.1) is 0 Å². The molecule has 3 aromatic heterocycles. The van der Waals surface area contributed by atoms with Gasteiger partial charge in [0.05, 0.1) is 17.0 Å². The van der Waals surface area contributed by atoms with Gasteiger partial charge in [-0.1, -0.05) is 11.6 Å². The molecular weight excluding hydrogens is 308 g/mol. The van der Waals surface area contributed by atoms with Crippen LogP contribution >= 0.6 is 11.6 Å². The lowest BCUT2D eigenvalue weighted by atomic mass is 10.3. The van der Waals surface area contributed by atoms with Crippen molar-refractivity contribution in [2.24, 2.45) is 0 Å². The second-order valence-electron chi connectivity index (χ2n) is 4.67. The molecule has 0 bridgehead atoms. The van der Waals surface area contributed by atoms with Crippen LogP contribution in [0, 0.1) is 6.92 Å². The molecule has 0 radical (unpaired) electrons. The highest BCUT2D eigenvalue weighted by molar-refractivity contribution is 6.30. The van der Waals surface area contributed by atoms with Crippen LogP contribution in [-0.2, 0) is 11.3 Å². The molecule has 0 saturated carbocycles. The van der Waals surface area contributed by atoms with Crippen LogP contribution in [-0.4, -0.2) is 15.4 Å². The number of aryl methyl sites for hydroxylation is 1. The monoisotopic (exact) mass is 318 g/mol. The molecule has 0 atom stereocenters. The number of halogens is 1. The Kier molecular flexibility index (Phi) is 3.68. The molecule has 0 aromatic carbocycles. The van der Waals surface area contributed by atoms with E-state index in [1.165, 1.54) is 22.9 Å². The number of hydrogen-bond donors (Lipinski definition) is 0. The minimum Gasteiger partial charge on any atom is -0.457 e. The molecule has 3 heterocycles. The molecule has 0 N–H and O–H groups in total. The van der Waals surface area contributed by atoms with Crippen LogP contribution in [0.2, 0.25) is 5.02 Å². The molecule has 7 heteroatoms. The third-order valence-electron chi connectivity index (χ3n) is 3.08. The molecule has 112 valence electrons. The lowest BCUT2D eigenvalue weighted by Gasteiger charge is -2.05. The molecule has 0 spiro atoms. The Labute approximate surface area is 129 Å². The first kappa shape index (κ1) is 14.3. The molecule has 0 aliphatic rings. The van der Waals surface area contributed by atoms with Gasteiger partial charge in [0.2, 0.25) is 5.76 Å². The average Bonchev–Trinajstić information content (AvgIpc) is 2.92. The van der Waals surface area contributed by atoms with E-state index in [4.69, 9.17) is 20.8 Å². The quantitative estimate of drug-likeness (QED) is 0.694. The van der Waals surface area contributed by atoms with E-state index in [1.54, 1.807) is 25.1 Å². The highest BCUT2D eigenvalue weighted by atomic mass is 35.5. The third kappa shape index (κ3) is 2.73. The first-order chi connectivity index (χ1) is 10.5. The topological polar surface area (TPSA) is 73.8 Å². The standard InChI is InChI=1S/C15H11ClN2O4/c1-9-4-5-21-14(9)15(20)22-8-11-6-13(19)18-7-10(16)2-3-12(18)17-11/h2-7H,8H2,1H3. The molecular formula is C15H11ClN2O4. The zero-order valence-electron chi connectivity index (χ0n) is 11.6. The molecule has 22 heavy (non-hydrogen) atoms. The van der Waals surface area contributed by atoms with E-state index in [0.29, 0.717) is 21.9 Å². The van der Waals surface area contributed by atoms with Crippen molar-refractivity contribution in [2.75, 3.05) is 0 Å². The van der Waals surface area contributed by atoms with Crippen LogP contribution in [0.5, 0.6) is 0 Å². The number of esters is 1. The Morgan fingerprint density at radius 2 is 2.23 bits per heavy atom. The summed E-state index contributed by atoms with van der Waals surface area (Å²) in [7, 11) is 0. The molecule has 0 fully saturated rings. The smallest absolute Gasteiger partial charge is 0.374 e. The second-order valence-corrected chi connectivity index (χ2v) is 5.11. The number of hydrogen-bond acceptors (Lipinski definition) is 5. The number of carbonyl (C=O) groups is 1. The molecule has 3 aromatic rings. The van der Waals surface area contributed by atoms with Crippen molar-refractivity contribution >= 4 is 23.2 Å². The summed E-state index contributed by atoms with van der Waals surface area (Å²) in [6.45, 7) is 1.62. The van der Waals surface area contributed by atoms with E-state index >= 15 is 0 Å². The lowest BCUT2D eigenvalue weighted by molar-refractivity contribution is 0.0430. The highest BCUT2D eigenvalue weighted by Crippen LogP contribution is 2.12. The van der Waals surface area contributed by atoms with E-state index in [2.05, 4.69) is 4.98 Å². The van der Waals surface area contributed by atoms with Crippen molar-refractivity contribution in [1.29, 1.82) is 0 Å². The van der Waals surface area contributed by atoms with Crippen molar-refractivity contribution < 1.29 is 13.9 Å². The Morgan fingerprint density at radius 3 is 2.95 bits per heavy atom. The SMILES string of the molecule is Cc1ccoc1C(=O)OCc1cc(=O)n2cc(Cl)ccc2n1. The van der Waals surface area contributed by atoms with E-state index < -0.39 is 5.97 Å². The van der Waals surface area contributed by atoms with Gasteiger partial charge >= 0.3 is 5.97 Å². The summed E-state index contributed by atoms with van der Waals surface area (Å²) in [5, 5.41) is 0.434. The fourth-order valence-electron chi connectivity index (χ4n) is 1.99. The van der Waals surface area contributed by atoms with Crippen LogP contribution < -0.4 is 5.56 Å². The van der Waals surface area contributed by atoms with Crippen LogP contribution in [0.4, 0.5) is 0 Å². The van der Waals surface area contributed by atoms with Crippen LogP contribution in [0.3, 0.4) is 0 Å². The Morgan fingerprint density at radius 1 is 1.41 bits per heavy atom. The summed E-state index contributed by atoms with van der Waals surface area (Å²) in [5.41, 5.74) is 1.17. The molecule has 3 rings (SSSR count). The largest absolute Gasteiger partial charge is 0.457 e. The maximum absolute atomic E-state index is 12.0. The van der Waals surface area contributed by atoms with E-state index in [1.807, 2.05) is 0 Å². The molecule has 0 aliphatic heterocycles. The maximum atomic E-state index is 12.0. The zero-order valence-corrected chi connectivity index (χ0v) is 12.3. The predicted molar refractivity (Wildman–Crippen MR) is 79.0 cm³/mol. The van der Waals surface area contributed by atoms with Gasteiger partial charge in [0.1, 0.15) is 12.3 Å². The number of ether oxygens (including phenoxy) is 1. The van der Waals surface area contributed by atoms with Gasteiger partial charge in [0.25, 0.3) is 5.56 Å². The number of carbonyl (C=O) groups excluding carboxylic acids is 1. The summed E-state index contributed by atoms with van der Waals surface area (Å²) in [4.78, 5) is 28.1. The van der Waals surface area contributed by atoms with Crippen molar-refractivity contribution in [1.82, 2.24) is 9.38 Å². The summed E-state index contributed by atoms with van der Waals surface area (Å²) in [6, 6.07) is 6.21. The number of furan rings is 1. The zero-order chi connectivity index (χ0) is 15.7. The molecule has 0 saturated heterocycles. The number of fused-ring (bicyclic) bond motifs is 1. The van der Waals surface area contributed by atoms with Gasteiger partial charge in [-0.2, -0.15) is 0 Å². The van der Waals surface area contributed by atoms with Gasteiger partial charge < -0.3 is 9.15 Å². The summed E-state index contributed by atoms with van der Waals surface area (Å²) in [5.74, 6) is -0.454. The Balaban J connectivity index is 1.83. The number of pyridine rings is 1. The highest BCUT2D eigenvalue weighted by Gasteiger charge is 2.15. The Bertz CT molecular complexity index is 913. The second kappa shape index (κ2) is 5.65. The molecule has 0 unspecified atom stereocenters. The fraction of sp³-hybridized carbons (Fsp3) is 0.133. The third-order valence-corrected chi connectivity index (χ3v) is 3.30. The van der Waals surface area contributed by atoms with Crippen molar-refractivity contribution in [3.8, 4) is 0 Å². The lowest BCUT2D eigenvalue weighted by Crippen LogP contribution is -2.16. The average molecular weight is 319 g/mol. The van der Waals surface area contributed by atoms with Crippen molar-refractivity contribution in [2.45, 2.75) is 13.5 Å². The molecule has 6 nitrogen and oxygen atoms in total. The van der Waals surface area contributed by atoms with Crippen molar-refractivity contribution in [3.63, 3.8) is 0 Å². The van der Waals surface area contributed by atoms with Crippen LogP contribution in [0.15, 0.2) is 45.9 Å².